The van der Waals surface area contributed by atoms with Crippen molar-refractivity contribution in [1.29, 1.82) is 0 Å². The number of fused-ring (bicyclic) bond motifs is 1. The highest BCUT2D eigenvalue weighted by atomic mass is 16.3. The highest BCUT2D eigenvalue weighted by molar-refractivity contribution is 5.95. The molecule has 0 radical (unpaired) electrons. The summed E-state index contributed by atoms with van der Waals surface area (Å²) in [5.74, 6) is 1.72. The maximum atomic E-state index is 13.0. The van der Waals surface area contributed by atoms with Crippen LogP contribution in [0.1, 0.15) is 35.3 Å². The van der Waals surface area contributed by atoms with Gasteiger partial charge < -0.3 is 14.6 Å². The van der Waals surface area contributed by atoms with Crippen LogP contribution in [0.3, 0.4) is 0 Å². The summed E-state index contributed by atoms with van der Waals surface area (Å²) < 4.78 is 5.75. The Morgan fingerprint density at radius 2 is 1.93 bits per heavy atom. The molecule has 1 aliphatic rings. The number of amides is 1. The van der Waals surface area contributed by atoms with E-state index in [9.17, 15) is 4.79 Å². The van der Waals surface area contributed by atoms with Crippen molar-refractivity contribution in [1.82, 2.24) is 9.97 Å². The van der Waals surface area contributed by atoms with Crippen molar-refractivity contribution in [3.63, 3.8) is 0 Å². The van der Waals surface area contributed by atoms with Gasteiger partial charge in [0.2, 0.25) is 11.6 Å². The Balaban J connectivity index is 1.58. The first-order valence-corrected chi connectivity index (χ1v) is 9.78. The molecule has 3 heterocycles. The predicted molar refractivity (Wildman–Crippen MR) is 111 cm³/mol. The van der Waals surface area contributed by atoms with Gasteiger partial charge in [-0.05, 0) is 51.7 Å². The van der Waals surface area contributed by atoms with Crippen LogP contribution in [0, 0.1) is 33.6 Å². The molecule has 1 aliphatic heterocycles. The third-order valence-corrected chi connectivity index (χ3v) is 5.77. The van der Waals surface area contributed by atoms with Crippen LogP contribution in [0.4, 0.5) is 11.5 Å². The summed E-state index contributed by atoms with van der Waals surface area (Å²) in [6.07, 6.45) is 3.37. The summed E-state index contributed by atoms with van der Waals surface area (Å²) in [4.78, 5) is 24.0. The number of carbonyl (C=O) groups is 1. The monoisotopic (exact) mass is 378 g/mol. The smallest absolute Gasteiger partial charge is 0.231 e. The number of para-hydroxylation sites is 1. The fourth-order valence-electron chi connectivity index (χ4n) is 4.02. The number of nitrogens with one attached hydrogen (secondary N) is 1. The molecule has 146 valence electrons. The molecule has 0 unspecified atom stereocenters. The van der Waals surface area contributed by atoms with Crippen LogP contribution in [0.2, 0.25) is 0 Å². The predicted octanol–water partition coefficient (Wildman–Crippen LogP) is 4.31. The van der Waals surface area contributed by atoms with E-state index in [-0.39, 0.29) is 11.8 Å². The average molecular weight is 378 g/mol. The van der Waals surface area contributed by atoms with E-state index in [1.807, 2.05) is 45.9 Å². The molecule has 4 rings (SSSR count). The Hall–Kier alpha value is -2.89. The van der Waals surface area contributed by atoms with E-state index in [0.29, 0.717) is 12.3 Å². The molecule has 2 aromatic heterocycles. The quantitative estimate of drug-likeness (QED) is 0.735. The molecular formula is C22H26N4O2. The Morgan fingerprint density at radius 3 is 2.68 bits per heavy atom. The number of rotatable bonds is 3. The molecule has 1 amide bonds. The first-order chi connectivity index (χ1) is 13.5. The zero-order chi connectivity index (χ0) is 19.8. The van der Waals surface area contributed by atoms with Gasteiger partial charge in [0, 0.05) is 24.3 Å². The molecular weight excluding hydrogens is 352 g/mol. The molecule has 6 heteroatoms. The van der Waals surface area contributed by atoms with Gasteiger partial charge in [-0.3, -0.25) is 4.79 Å². The van der Waals surface area contributed by atoms with E-state index in [0.717, 1.165) is 58.7 Å². The van der Waals surface area contributed by atoms with Crippen molar-refractivity contribution in [2.75, 3.05) is 23.3 Å². The maximum Gasteiger partial charge on any atom is 0.231 e. The van der Waals surface area contributed by atoms with Gasteiger partial charge >= 0.3 is 0 Å². The van der Waals surface area contributed by atoms with Gasteiger partial charge in [-0.1, -0.05) is 18.2 Å². The average Bonchev–Trinajstić information content (AvgIpc) is 2.99. The van der Waals surface area contributed by atoms with Crippen LogP contribution in [0.15, 0.2) is 28.9 Å². The number of aryl methyl sites for hydroxylation is 4. The second kappa shape index (κ2) is 7.26. The van der Waals surface area contributed by atoms with Crippen molar-refractivity contribution in [2.45, 2.75) is 40.5 Å². The lowest BCUT2D eigenvalue weighted by Gasteiger charge is -2.33. The molecule has 0 spiro atoms. The molecule has 1 saturated heterocycles. The van der Waals surface area contributed by atoms with E-state index >= 15 is 0 Å². The van der Waals surface area contributed by atoms with Gasteiger partial charge in [0.25, 0.3) is 0 Å². The number of nitrogens with zero attached hydrogens (tertiary/aromatic N) is 3. The number of aromatic nitrogens is 2. The van der Waals surface area contributed by atoms with Gasteiger partial charge in [0.1, 0.15) is 17.9 Å². The van der Waals surface area contributed by atoms with E-state index in [1.54, 1.807) is 6.33 Å². The minimum atomic E-state index is -0.0777. The molecule has 1 fully saturated rings. The fourth-order valence-corrected chi connectivity index (χ4v) is 4.02. The lowest BCUT2D eigenvalue weighted by Crippen LogP contribution is -2.41. The van der Waals surface area contributed by atoms with Crippen molar-refractivity contribution < 1.29 is 9.21 Å². The van der Waals surface area contributed by atoms with Gasteiger partial charge in [0.05, 0.1) is 11.3 Å². The lowest BCUT2D eigenvalue weighted by molar-refractivity contribution is -0.120. The zero-order valence-corrected chi connectivity index (χ0v) is 16.9. The second-order valence-electron chi connectivity index (χ2n) is 7.70. The number of carbonyl (C=O) groups excluding carboxylic acids is 1. The van der Waals surface area contributed by atoms with E-state index in [2.05, 4.69) is 20.2 Å². The Kier molecular flexibility index (Phi) is 4.79. The third kappa shape index (κ3) is 3.23. The molecule has 0 aliphatic carbocycles. The summed E-state index contributed by atoms with van der Waals surface area (Å²) >= 11 is 0. The normalized spacial score (nSPS) is 17.1. The van der Waals surface area contributed by atoms with Gasteiger partial charge in [-0.25, -0.2) is 9.97 Å². The summed E-state index contributed by atoms with van der Waals surface area (Å²) in [5, 5.41) is 4.11. The third-order valence-electron chi connectivity index (χ3n) is 5.77. The van der Waals surface area contributed by atoms with E-state index < -0.39 is 0 Å². The Bertz CT molecular complexity index is 1020. The molecule has 0 bridgehead atoms. The first kappa shape index (κ1) is 18.5. The highest BCUT2D eigenvalue weighted by Crippen LogP contribution is 2.33. The van der Waals surface area contributed by atoms with Gasteiger partial charge in [0.15, 0.2) is 0 Å². The summed E-state index contributed by atoms with van der Waals surface area (Å²) in [6, 6.07) is 6.06. The highest BCUT2D eigenvalue weighted by Gasteiger charge is 2.29. The SMILES string of the molecule is Cc1cccc(C)c1NC(=O)[C@@H]1CCCN(c2ncnc3oc(C)c(C)c23)C1. The van der Waals surface area contributed by atoms with Crippen molar-refractivity contribution in [2.24, 2.45) is 5.92 Å². The summed E-state index contributed by atoms with van der Waals surface area (Å²) in [6.45, 7) is 9.55. The summed E-state index contributed by atoms with van der Waals surface area (Å²) in [5.41, 5.74) is 4.77. The molecule has 6 nitrogen and oxygen atoms in total. The van der Waals surface area contributed by atoms with Gasteiger partial charge in [-0.15, -0.1) is 0 Å². The van der Waals surface area contributed by atoms with Crippen LogP contribution >= 0.6 is 0 Å². The number of anilines is 2. The van der Waals surface area contributed by atoms with Crippen LogP contribution in [0.5, 0.6) is 0 Å². The standard InChI is InChI=1S/C22H26N4O2/c1-13-7-5-8-14(2)19(13)25-21(27)17-9-6-10-26(11-17)20-18-15(3)16(4)28-22(18)24-12-23-20/h5,7-8,12,17H,6,9-11H2,1-4H3,(H,25,27)/t17-/m1/s1. The molecule has 3 aromatic rings. The van der Waals surface area contributed by atoms with E-state index in [1.165, 1.54) is 0 Å². The van der Waals surface area contributed by atoms with Crippen LogP contribution in [-0.2, 0) is 4.79 Å². The molecule has 1 aromatic carbocycles. The number of furan rings is 1. The minimum absolute atomic E-state index is 0.0764. The number of hydrogen-bond donors (Lipinski definition) is 1. The first-order valence-electron chi connectivity index (χ1n) is 9.78. The largest absolute Gasteiger partial charge is 0.443 e. The molecule has 1 atom stereocenters. The molecule has 0 saturated carbocycles. The Labute approximate surface area is 165 Å². The van der Waals surface area contributed by atoms with Crippen molar-refractivity contribution in [3.8, 4) is 0 Å². The second-order valence-corrected chi connectivity index (χ2v) is 7.70. The van der Waals surface area contributed by atoms with Crippen molar-refractivity contribution in [3.05, 3.63) is 47.0 Å². The number of piperidine rings is 1. The van der Waals surface area contributed by atoms with Crippen molar-refractivity contribution >= 4 is 28.5 Å². The number of hydrogen-bond acceptors (Lipinski definition) is 5. The molecule has 1 N–H and O–H groups in total. The van der Waals surface area contributed by atoms with Crippen LogP contribution < -0.4 is 10.2 Å². The zero-order valence-electron chi connectivity index (χ0n) is 16.9. The topological polar surface area (TPSA) is 71.3 Å². The lowest BCUT2D eigenvalue weighted by atomic mass is 9.96. The summed E-state index contributed by atoms with van der Waals surface area (Å²) in [7, 11) is 0. The van der Waals surface area contributed by atoms with Crippen LogP contribution in [0.25, 0.3) is 11.1 Å². The minimum Gasteiger partial charge on any atom is -0.443 e. The fraction of sp³-hybridized carbons (Fsp3) is 0.409. The Morgan fingerprint density at radius 1 is 1.18 bits per heavy atom. The number of benzene rings is 1. The van der Waals surface area contributed by atoms with Gasteiger partial charge in [-0.2, -0.15) is 0 Å². The molecule has 28 heavy (non-hydrogen) atoms. The van der Waals surface area contributed by atoms with Crippen LogP contribution in [-0.4, -0.2) is 29.0 Å². The maximum absolute atomic E-state index is 13.0. The van der Waals surface area contributed by atoms with E-state index in [4.69, 9.17) is 4.42 Å².